The van der Waals surface area contributed by atoms with Gasteiger partial charge in [0.2, 0.25) is 0 Å². The molecule has 2 nitrogen and oxygen atoms in total. The Bertz CT molecular complexity index is 3800. The Morgan fingerprint density at radius 1 is 0.296 bits per heavy atom. The van der Waals surface area contributed by atoms with Crippen LogP contribution in [0.4, 0.5) is 34.1 Å². The number of benzene rings is 11. The maximum Gasteiger partial charge on any atom is 0.0727 e. The highest BCUT2D eigenvalue weighted by molar-refractivity contribution is 6.01. The summed E-state index contributed by atoms with van der Waals surface area (Å²) in [4.78, 5) is 4.98. The largest absolute Gasteiger partial charge is 0.310 e. The lowest BCUT2D eigenvalue weighted by Crippen LogP contribution is -2.26. The first-order chi connectivity index (χ1) is 35.2. The Morgan fingerprint density at radius 3 is 1.41 bits per heavy atom. The zero-order chi connectivity index (χ0) is 46.9. The summed E-state index contributed by atoms with van der Waals surface area (Å²) < 4.78 is 0. The van der Waals surface area contributed by atoms with Gasteiger partial charge in [0.05, 0.1) is 11.1 Å². The van der Waals surface area contributed by atoms with E-state index >= 15 is 0 Å². The summed E-state index contributed by atoms with van der Waals surface area (Å²) in [5.41, 5.74) is 20.5. The molecule has 71 heavy (non-hydrogen) atoms. The van der Waals surface area contributed by atoms with Crippen LogP contribution in [0.1, 0.15) is 65.8 Å². The minimum Gasteiger partial charge on any atom is -0.310 e. The van der Waals surface area contributed by atoms with Crippen molar-refractivity contribution in [2.75, 3.05) is 9.80 Å². The molecule has 11 aromatic carbocycles. The first kappa shape index (κ1) is 41.5. The van der Waals surface area contributed by atoms with Crippen molar-refractivity contribution in [1.82, 2.24) is 0 Å². The molecule has 0 aliphatic heterocycles. The van der Waals surface area contributed by atoms with E-state index in [0.717, 1.165) is 34.1 Å². The first-order valence-electron chi connectivity index (χ1n) is 25.5. The van der Waals surface area contributed by atoms with Crippen molar-refractivity contribution in [3.8, 4) is 33.4 Å². The van der Waals surface area contributed by atoms with Gasteiger partial charge in [-0.05, 0) is 169 Å². The number of hydrogen-bond acceptors (Lipinski definition) is 2. The van der Waals surface area contributed by atoms with Gasteiger partial charge in [-0.1, -0.05) is 195 Å². The van der Waals surface area contributed by atoms with Gasteiger partial charge in [0.15, 0.2) is 0 Å². The predicted octanol–water partition coefficient (Wildman–Crippen LogP) is 19.0. The van der Waals surface area contributed by atoms with Crippen LogP contribution in [-0.2, 0) is 5.41 Å². The molecule has 0 saturated heterocycles. The highest BCUT2D eigenvalue weighted by atomic mass is 15.1. The van der Waals surface area contributed by atoms with E-state index in [0.29, 0.717) is 5.92 Å². The number of rotatable bonds is 8. The monoisotopic (exact) mass is 908 g/mol. The van der Waals surface area contributed by atoms with E-state index in [1.165, 1.54) is 115 Å². The lowest BCUT2D eigenvalue weighted by atomic mass is 9.70. The molecule has 338 valence electrons. The third kappa shape index (κ3) is 6.69. The molecule has 0 bridgehead atoms. The van der Waals surface area contributed by atoms with Gasteiger partial charge >= 0.3 is 0 Å². The molecule has 1 spiro atoms. The van der Waals surface area contributed by atoms with Gasteiger partial charge in [-0.2, -0.15) is 0 Å². The van der Waals surface area contributed by atoms with E-state index in [-0.39, 0.29) is 0 Å². The molecule has 1 saturated carbocycles. The third-order valence-corrected chi connectivity index (χ3v) is 16.0. The number of hydrogen-bond donors (Lipinski definition) is 0. The van der Waals surface area contributed by atoms with Crippen LogP contribution < -0.4 is 9.80 Å². The summed E-state index contributed by atoms with van der Waals surface area (Å²) in [7, 11) is 0. The average molecular weight is 909 g/mol. The Balaban J connectivity index is 1.02. The van der Waals surface area contributed by atoms with Gasteiger partial charge in [-0.25, -0.2) is 0 Å². The maximum absolute atomic E-state index is 2.55. The minimum atomic E-state index is -0.586. The lowest BCUT2D eigenvalue weighted by molar-refractivity contribution is 0.443. The number of fused-ring (bicyclic) bond motifs is 12. The molecular formula is C69H52N2. The topological polar surface area (TPSA) is 6.48 Å². The van der Waals surface area contributed by atoms with Gasteiger partial charge in [-0.3, -0.25) is 0 Å². The van der Waals surface area contributed by atoms with Gasteiger partial charge in [0.1, 0.15) is 0 Å². The molecular weight excluding hydrogens is 857 g/mol. The standard InChI is InChI=1S/C69H52N2/c1-4-18-47(19-5-1)49-32-35-55(36-33-49)71(68-44-53-25-13-12-24-52(53)43-63(68)50-21-6-2-7-22-50)58-39-41-62-60-29-15-17-31-65(60)69(67(62)46-58)64-30-16-14-28-59(64)61-40-38-57(45-66(61)69)70(54-26-8-3-9-27-54)56-37-34-48-20-10-11-23-51(48)42-56/h2-3,6-17,20-47H,1,4-5,18-19H2. The summed E-state index contributed by atoms with van der Waals surface area (Å²) in [6, 6.07) is 93.5. The Kier molecular flexibility index (Phi) is 9.88. The van der Waals surface area contributed by atoms with Crippen LogP contribution in [0.3, 0.4) is 0 Å². The number of para-hydroxylation sites is 1. The highest BCUT2D eigenvalue weighted by Gasteiger charge is 2.52. The molecule has 0 radical (unpaired) electrons. The van der Waals surface area contributed by atoms with Crippen molar-refractivity contribution in [2.45, 2.75) is 43.4 Å². The van der Waals surface area contributed by atoms with E-state index in [1.807, 2.05) is 0 Å². The molecule has 2 heteroatoms. The SMILES string of the molecule is c1ccc(-c2cc3ccccc3cc2N(c2ccc(C3CCCCC3)cc2)c2ccc3c(c2)C2(c4ccccc4-c4ccc(N(c5ccccc5)c5ccc6ccccc6c5)cc42)c2ccccc2-3)cc1. The normalized spacial score (nSPS) is 15.6. The zero-order valence-electron chi connectivity index (χ0n) is 39.7. The van der Waals surface area contributed by atoms with Crippen LogP contribution in [-0.4, -0.2) is 0 Å². The molecule has 3 aliphatic carbocycles. The maximum atomic E-state index is 2.55. The Morgan fingerprint density at radius 2 is 0.761 bits per heavy atom. The van der Waals surface area contributed by atoms with Gasteiger partial charge in [-0.15, -0.1) is 0 Å². The fourth-order valence-corrected chi connectivity index (χ4v) is 12.8. The smallest absolute Gasteiger partial charge is 0.0727 e. The van der Waals surface area contributed by atoms with Crippen LogP contribution in [0.2, 0.25) is 0 Å². The van der Waals surface area contributed by atoms with Crippen molar-refractivity contribution in [1.29, 1.82) is 0 Å². The number of nitrogens with zero attached hydrogens (tertiary/aromatic N) is 2. The summed E-state index contributed by atoms with van der Waals surface area (Å²) >= 11 is 0. The molecule has 11 aromatic rings. The quantitative estimate of drug-likeness (QED) is 0.150. The molecule has 1 atom stereocenters. The van der Waals surface area contributed by atoms with E-state index in [2.05, 4.69) is 259 Å². The zero-order valence-corrected chi connectivity index (χ0v) is 39.7. The van der Waals surface area contributed by atoms with Gasteiger partial charge in [0.25, 0.3) is 0 Å². The molecule has 1 unspecified atom stereocenters. The highest BCUT2D eigenvalue weighted by Crippen LogP contribution is 2.64. The van der Waals surface area contributed by atoms with Crippen LogP contribution in [0, 0.1) is 0 Å². The predicted molar refractivity (Wildman–Crippen MR) is 298 cm³/mol. The Labute approximate surface area is 416 Å². The van der Waals surface area contributed by atoms with E-state index in [1.54, 1.807) is 0 Å². The van der Waals surface area contributed by atoms with Crippen molar-refractivity contribution in [3.05, 3.63) is 277 Å². The average Bonchev–Trinajstić information content (AvgIpc) is 3.92. The molecule has 3 aliphatic rings. The fourth-order valence-electron chi connectivity index (χ4n) is 12.8. The van der Waals surface area contributed by atoms with Crippen molar-refractivity contribution in [3.63, 3.8) is 0 Å². The number of anilines is 6. The minimum absolute atomic E-state index is 0.586. The van der Waals surface area contributed by atoms with E-state index in [4.69, 9.17) is 0 Å². The lowest BCUT2D eigenvalue weighted by Gasteiger charge is -2.34. The molecule has 14 rings (SSSR count). The summed E-state index contributed by atoms with van der Waals surface area (Å²) in [5.74, 6) is 0.622. The van der Waals surface area contributed by atoms with Crippen LogP contribution in [0.15, 0.2) is 249 Å². The van der Waals surface area contributed by atoms with Crippen molar-refractivity contribution >= 4 is 55.7 Å². The molecule has 1 fully saturated rings. The van der Waals surface area contributed by atoms with Crippen LogP contribution >= 0.6 is 0 Å². The van der Waals surface area contributed by atoms with Crippen molar-refractivity contribution in [2.24, 2.45) is 0 Å². The summed E-state index contributed by atoms with van der Waals surface area (Å²) in [6.07, 6.45) is 6.53. The third-order valence-electron chi connectivity index (χ3n) is 16.0. The second-order valence-corrected chi connectivity index (χ2v) is 19.8. The summed E-state index contributed by atoms with van der Waals surface area (Å²) in [5, 5.41) is 4.90. The molecule has 0 amide bonds. The molecule has 0 aromatic heterocycles. The van der Waals surface area contributed by atoms with Gasteiger partial charge < -0.3 is 9.80 Å². The molecule has 0 N–H and O–H groups in total. The molecule has 0 heterocycles. The van der Waals surface area contributed by atoms with Crippen LogP contribution in [0.25, 0.3) is 54.9 Å². The van der Waals surface area contributed by atoms with Crippen LogP contribution in [0.5, 0.6) is 0 Å². The van der Waals surface area contributed by atoms with E-state index < -0.39 is 5.41 Å². The fraction of sp³-hybridized carbons (Fsp3) is 0.101. The second kappa shape index (κ2) is 16.9. The first-order valence-corrected chi connectivity index (χ1v) is 25.5. The van der Waals surface area contributed by atoms with E-state index in [9.17, 15) is 0 Å². The Hall–Kier alpha value is -8.46. The van der Waals surface area contributed by atoms with Crippen molar-refractivity contribution < 1.29 is 0 Å². The second-order valence-electron chi connectivity index (χ2n) is 19.8. The summed E-state index contributed by atoms with van der Waals surface area (Å²) in [6.45, 7) is 0. The van der Waals surface area contributed by atoms with Gasteiger partial charge in [0, 0.05) is 34.0 Å².